The van der Waals surface area contributed by atoms with Gasteiger partial charge in [-0.15, -0.1) is 0 Å². The van der Waals surface area contributed by atoms with Crippen molar-refractivity contribution < 1.29 is 4.74 Å². The van der Waals surface area contributed by atoms with Crippen molar-refractivity contribution in [3.63, 3.8) is 0 Å². The predicted molar refractivity (Wildman–Crippen MR) is 83.9 cm³/mol. The highest BCUT2D eigenvalue weighted by Crippen LogP contribution is 2.30. The van der Waals surface area contributed by atoms with Gasteiger partial charge in [0.15, 0.2) is 0 Å². The van der Waals surface area contributed by atoms with Crippen LogP contribution in [0.15, 0.2) is 24.3 Å². The van der Waals surface area contributed by atoms with E-state index in [1.54, 1.807) is 0 Å². The molecule has 0 aliphatic carbocycles. The fourth-order valence-electron chi connectivity index (χ4n) is 2.93. The van der Waals surface area contributed by atoms with Gasteiger partial charge in [-0.2, -0.15) is 0 Å². The Morgan fingerprint density at radius 3 is 2.30 bits per heavy atom. The first-order chi connectivity index (χ1) is 9.65. The molecule has 1 heterocycles. The second-order valence-corrected chi connectivity index (χ2v) is 6.08. The summed E-state index contributed by atoms with van der Waals surface area (Å²) in [6.45, 7) is 10.5. The van der Waals surface area contributed by atoms with Crippen LogP contribution in [0.4, 0.5) is 0 Å². The molecule has 1 fully saturated rings. The first-order valence-electron chi connectivity index (χ1n) is 7.82. The van der Waals surface area contributed by atoms with Gasteiger partial charge in [-0.05, 0) is 36.0 Å². The van der Waals surface area contributed by atoms with E-state index in [1.165, 1.54) is 5.56 Å². The zero-order valence-corrected chi connectivity index (χ0v) is 13.0. The van der Waals surface area contributed by atoms with Gasteiger partial charge in [0.25, 0.3) is 0 Å². The SMILES string of the molecule is CCCOc1ccc(C(CN)N2CC(C)C(C)C2)cc1. The molecule has 1 aliphatic rings. The van der Waals surface area contributed by atoms with Crippen molar-refractivity contribution in [2.75, 3.05) is 26.2 Å². The van der Waals surface area contributed by atoms with Crippen LogP contribution in [-0.2, 0) is 0 Å². The molecule has 0 radical (unpaired) electrons. The number of ether oxygens (including phenoxy) is 1. The summed E-state index contributed by atoms with van der Waals surface area (Å²) >= 11 is 0. The van der Waals surface area contributed by atoms with Crippen LogP contribution in [0.25, 0.3) is 0 Å². The fourth-order valence-corrected chi connectivity index (χ4v) is 2.93. The van der Waals surface area contributed by atoms with E-state index in [2.05, 4.69) is 49.9 Å². The standard InChI is InChI=1S/C17H28N2O/c1-4-9-20-16-7-5-15(6-8-16)17(10-18)19-11-13(2)14(3)12-19/h5-8,13-14,17H,4,9-12,18H2,1-3H3. The average molecular weight is 276 g/mol. The first kappa shape index (κ1) is 15.3. The molecule has 3 heteroatoms. The van der Waals surface area contributed by atoms with E-state index in [-0.39, 0.29) is 0 Å². The van der Waals surface area contributed by atoms with Crippen LogP contribution >= 0.6 is 0 Å². The highest BCUT2D eigenvalue weighted by molar-refractivity contribution is 5.29. The largest absolute Gasteiger partial charge is 0.494 e. The summed E-state index contributed by atoms with van der Waals surface area (Å²) in [5.41, 5.74) is 7.32. The quantitative estimate of drug-likeness (QED) is 0.868. The van der Waals surface area contributed by atoms with Crippen LogP contribution < -0.4 is 10.5 Å². The van der Waals surface area contributed by atoms with Crippen LogP contribution in [0, 0.1) is 11.8 Å². The van der Waals surface area contributed by atoms with Crippen molar-refractivity contribution >= 4 is 0 Å². The molecule has 20 heavy (non-hydrogen) atoms. The second kappa shape index (κ2) is 7.09. The van der Waals surface area contributed by atoms with E-state index < -0.39 is 0 Å². The van der Waals surface area contributed by atoms with Gasteiger partial charge in [0.05, 0.1) is 6.61 Å². The maximum atomic E-state index is 6.02. The predicted octanol–water partition coefficient (Wildman–Crippen LogP) is 3.06. The average Bonchev–Trinajstić information content (AvgIpc) is 2.78. The number of benzene rings is 1. The number of nitrogens with zero attached hydrogens (tertiary/aromatic N) is 1. The molecule has 3 unspecified atom stereocenters. The van der Waals surface area contributed by atoms with Crippen LogP contribution in [0.1, 0.15) is 38.8 Å². The lowest BCUT2D eigenvalue weighted by Gasteiger charge is -2.27. The minimum Gasteiger partial charge on any atom is -0.494 e. The summed E-state index contributed by atoms with van der Waals surface area (Å²) in [6, 6.07) is 8.79. The minimum atomic E-state index is 0.336. The van der Waals surface area contributed by atoms with E-state index in [1.807, 2.05) is 0 Å². The van der Waals surface area contributed by atoms with Crippen molar-refractivity contribution in [3.05, 3.63) is 29.8 Å². The third-order valence-corrected chi connectivity index (χ3v) is 4.42. The Morgan fingerprint density at radius 1 is 1.20 bits per heavy atom. The summed E-state index contributed by atoms with van der Waals surface area (Å²) in [5, 5.41) is 0. The van der Waals surface area contributed by atoms with E-state index >= 15 is 0 Å². The molecule has 0 bridgehead atoms. The summed E-state index contributed by atoms with van der Waals surface area (Å²) in [6.07, 6.45) is 1.04. The van der Waals surface area contributed by atoms with E-state index in [4.69, 9.17) is 10.5 Å². The summed E-state index contributed by atoms with van der Waals surface area (Å²) < 4.78 is 5.64. The van der Waals surface area contributed by atoms with Crippen LogP contribution in [-0.4, -0.2) is 31.1 Å². The fraction of sp³-hybridized carbons (Fsp3) is 0.647. The Labute approximate surface area is 123 Å². The Kier molecular flexibility index (Phi) is 5.44. The maximum absolute atomic E-state index is 6.02. The van der Waals surface area contributed by atoms with Gasteiger partial charge in [0, 0.05) is 25.7 Å². The zero-order chi connectivity index (χ0) is 14.5. The first-order valence-corrected chi connectivity index (χ1v) is 7.82. The van der Waals surface area contributed by atoms with Gasteiger partial charge in [-0.3, -0.25) is 4.90 Å². The number of rotatable bonds is 6. The van der Waals surface area contributed by atoms with E-state index in [0.29, 0.717) is 12.6 Å². The normalized spacial score (nSPS) is 24.8. The Morgan fingerprint density at radius 2 is 1.80 bits per heavy atom. The summed E-state index contributed by atoms with van der Waals surface area (Å²) in [7, 11) is 0. The molecule has 112 valence electrons. The Bertz CT molecular complexity index is 394. The lowest BCUT2D eigenvalue weighted by Crippen LogP contribution is -2.32. The third-order valence-electron chi connectivity index (χ3n) is 4.42. The molecule has 1 aromatic rings. The van der Waals surface area contributed by atoms with Crippen molar-refractivity contribution in [1.82, 2.24) is 4.90 Å². The van der Waals surface area contributed by atoms with Gasteiger partial charge in [0.1, 0.15) is 5.75 Å². The molecule has 0 aromatic heterocycles. The molecule has 1 aromatic carbocycles. The topological polar surface area (TPSA) is 38.5 Å². The lowest BCUT2D eigenvalue weighted by atomic mass is 10.0. The number of hydrogen-bond donors (Lipinski definition) is 1. The Balaban J connectivity index is 2.04. The Hall–Kier alpha value is -1.06. The van der Waals surface area contributed by atoms with Gasteiger partial charge < -0.3 is 10.5 Å². The van der Waals surface area contributed by atoms with E-state index in [9.17, 15) is 0 Å². The maximum Gasteiger partial charge on any atom is 0.119 e. The molecule has 1 aliphatic heterocycles. The molecule has 2 rings (SSSR count). The van der Waals surface area contributed by atoms with Gasteiger partial charge in [-0.25, -0.2) is 0 Å². The molecule has 2 N–H and O–H groups in total. The lowest BCUT2D eigenvalue weighted by molar-refractivity contribution is 0.240. The van der Waals surface area contributed by atoms with E-state index in [0.717, 1.165) is 43.7 Å². The van der Waals surface area contributed by atoms with Crippen LogP contribution in [0.2, 0.25) is 0 Å². The number of hydrogen-bond acceptors (Lipinski definition) is 3. The van der Waals surface area contributed by atoms with Crippen molar-refractivity contribution in [3.8, 4) is 5.75 Å². The molecular formula is C17H28N2O. The summed E-state index contributed by atoms with van der Waals surface area (Å²) in [5.74, 6) is 2.47. The molecule has 0 amide bonds. The van der Waals surface area contributed by atoms with Crippen molar-refractivity contribution in [1.29, 1.82) is 0 Å². The van der Waals surface area contributed by atoms with Crippen molar-refractivity contribution in [2.24, 2.45) is 17.6 Å². The molecule has 3 atom stereocenters. The van der Waals surface area contributed by atoms with Gasteiger partial charge >= 0.3 is 0 Å². The minimum absolute atomic E-state index is 0.336. The monoisotopic (exact) mass is 276 g/mol. The van der Waals surface area contributed by atoms with Crippen molar-refractivity contribution in [2.45, 2.75) is 33.2 Å². The second-order valence-electron chi connectivity index (χ2n) is 6.08. The third kappa shape index (κ3) is 3.53. The summed E-state index contributed by atoms with van der Waals surface area (Å²) in [4.78, 5) is 2.53. The van der Waals surface area contributed by atoms with Gasteiger partial charge in [-0.1, -0.05) is 32.9 Å². The molecule has 1 saturated heterocycles. The van der Waals surface area contributed by atoms with Crippen LogP contribution in [0.5, 0.6) is 5.75 Å². The smallest absolute Gasteiger partial charge is 0.119 e. The number of likely N-dealkylation sites (tertiary alicyclic amines) is 1. The molecule has 0 saturated carbocycles. The van der Waals surface area contributed by atoms with Gasteiger partial charge in [0.2, 0.25) is 0 Å². The number of nitrogens with two attached hydrogens (primary N) is 1. The molecule has 0 spiro atoms. The highest BCUT2D eigenvalue weighted by Gasteiger charge is 2.30. The molecular weight excluding hydrogens is 248 g/mol. The molecule has 3 nitrogen and oxygen atoms in total. The zero-order valence-electron chi connectivity index (χ0n) is 13.0. The van der Waals surface area contributed by atoms with Crippen LogP contribution in [0.3, 0.4) is 0 Å². The highest BCUT2D eigenvalue weighted by atomic mass is 16.5.